The number of esters is 1. The van der Waals surface area contributed by atoms with Crippen molar-refractivity contribution < 1.29 is 9.53 Å². The Morgan fingerprint density at radius 2 is 2.24 bits per heavy atom. The average Bonchev–Trinajstić information content (AvgIpc) is 2.85. The molecule has 2 heterocycles. The highest BCUT2D eigenvalue weighted by molar-refractivity contribution is 7.98. The molecule has 6 nitrogen and oxygen atoms in total. The highest BCUT2D eigenvalue weighted by Gasteiger charge is 2.13. The van der Waals surface area contributed by atoms with E-state index in [0.29, 0.717) is 6.42 Å². The van der Waals surface area contributed by atoms with Gasteiger partial charge >= 0.3 is 5.97 Å². The summed E-state index contributed by atoms with van der Waals surface area (Å²) in [6.07, 6.45) is 2.60. The second-order valence-corrected chi connectivity index (χ2v) is 6.02. The Morgan fingerprint density at radius 1 is 1.48 bits per heavy atom. The van der Waals surface area contributed by atoms with E-state index >= 15 is 0 Å². The van der Waals surface area contributed by atoms with Gasteiger partial charge in [-0.1, -0.05) is 0 Å². The van der Waals surface area contributed by atoms with Crippen molar-refractivity contribution in [2.45, 2.75) is 32.1 Å². The predicted octanol–water partition coefficient (Wildman–Crippen LogP) is 1.47. The molecule has 0 saturated carbocycles. The number of hydrogen-bond acceptors (Lipinski definition) is 6. The summed E-state index contributed by atoms with van der Waals surface area (Å²) in [6.45, 7) is 4.00. The van der Waals surface area contributed by atoms with Crippen molar-refractivity contribution in [2.75, 3.05) is 12.9 Å². The number of methoxy groups -OCH3 is 1. The third-order valence-electron chi connectivity index (χ3n) is 3.14. The number of aromatic nitrogens is 3. The number of hydrogen-bond donors (Lipinski definition) is 1. The van der Waals surface area contributed by atoms with Crippen LogP contribution in [0, 0.1) is 13.8 Å². The molecule has 1 atom stereocenters. The van der Waals surface area contributed by atoms with Gasteiger partial charge in [-0.15, -0.1) is 0 Å². The van der Waals surface area contributed by atoms with Gasteiger partial charge in [0.15, 0.2) is 0 Å². The Labute approximate surface area is 128 Å². The summed E-state index contributed by atoms with van der Waals surface area (Å²) in [6, 6.07) is 1.48. The molecular weight excluding hydrogens is 288 g/mol. The molecule has 7 heteroatoms. The van der Waals surface area contributed by atoms with Gasteiger partial charge in [0.2, 0.25) is 5.78 Å². The van der Waals surface area contributed by atoms with E-state index in [-0.39, 0.29) is 5.97 Å². The Kier molecular flexibility index (Phi) is 5.19. The van der Waals surface area contributed by atoms with E-state index in [0.717, 1.165) is 34.4 Å². The van der Waals surface area contributed by atoms with Crippen LogP contribution in [-0.2, 0) is 15.3 Å². The van der Waals surface area contributed by atoms with Crippen molar-refractivity contribution in [2.24, 2.45) is 5.73 Å². The van der Waals surface area contributed by atoms with E-state index in [9.17, 15) is 4.79 Å². The maximum atomic E-state index is 11.2. The number of ether oxygens (including phenoxy) is 1. The van der Waals surface area contributed by atoms with Crippen molar-refractivity contribution in [3.63, 3.8) is 0 Å². The van der Waals surface area contributed by atoms with E-state index < -0.39 is 6.04 Å². The molecule has 0 bridgehead atoms. The molecule has 0 amide bonds. The predicted molar refractivity (Wildman–Crippen MR) is 83.2 cm³/mol. The molecule has 0 spiro atoms. The summed E-state index contributed by atoms with van der Waals surface area (Å²) in [7, 11) is 1.35. The van der Waals surface area contributed by atoms with Crippen molar-refractivity contribution in [1.29, 1.82) is 0 Å². The van der Waals surface area contributed by atoms with E-state index in [2.05, 4.69) is 14.7 Å². The molecule has 2 N–H and O–H groups in total. The third-order valence-corrected chi connectivity index (χ3v) is 4.16. The Morgan fingerprint density at radius 3 is 2.95 bits per heavy atom. The summed E-state index contributed by atoms with van der Waals surface area (Å²) in [4.78, 5) is 20.1. The quantitative estimate of drug-likeness (QED) is 0.643. The molecule has 0 saturated heterocycles. The monoisotopic (exact) mass is 308 g/mol. The largest absolute Gasteiger partial charge is 0.468 e. The summed E-state index contributed by atoms with van der Waals surface area (Å²) in [5.74, 6) is 1.93. The molecule has 2 aromatic heterocycles. The fraction of sp³-hybridized carbons (Fsp3) is 0.500. The third kappa shape index (κ3) is 3.95. The van der Waals surface area contributed by atoms with Gasteiger partial charge in [-0.25, -0.2) is 9.97 Å². The summed E-state index contributed by atoms with van der Waals surface area (Å²) >= 11 is 1.70. The van der Waals surface area contributed by atoms with Crippen LogP contribution < -0.4 is 5.73 Å². The molecule has 0 aliphatic carbocycles. The minimum Gasteiger partial charge on any atom is -0.468 e. The van der Waals surface area contributed by atoms with Crippen molar-refractivity contribution >= 4 is 23.5 Å². The van der Waals surface area contributed by atoms with Gasteiger partial charge in [0.25, 0.3) is 0 Å². The van der Waals surface area contributed by atoms with Crippen LogP contribution >= 0.6 is 11.8 Å². The van der Waals surface area contributed by atoms with Crippen molar-refractivity contribution in [3.05, 3.63) is 29.3 Å². The van der Waals surface area contributed by atoms with E-state index in [1.807, 2.05) is 30.5 Å². The zero-order chi connectivity index (χ0) is 15.4. The Bertz CT molecular complexity index is 641. The number of rotatable bonds is 6. The number of carbonyl (C=O) groups excluding carboxylic acids is 1. The molecular formula is C14H20N4O2S. The highest BCUT2D eigenvalue weighted by atomic mass is 32.2. The van der Waals surface area contributed by atoms with Gasteiger partial charge in [0, 0.05) is 23.3 Å². The number of thioether (sulfide) groups is 1. The number of carbonyl (C=O) groups is 1. The van der Waals surface area contributed by atoms with E-state index in [4.69, 9.17) is 5.73 Å². The van der Waals surface area contributed by atoms with Gasteiger partial charge in [-0.05, 0) is 32.1 Å². The van der Waals surface area contributed by atoms with Crippen LogP contribution in [0.1, 0.15) is 23.5 Å². The standard InChI is InChI=1S/C14H20N4O2S/c1-9-6-10(2)18-7-11(17-14(18)16-9)8-21-5-4-12(15)13(19)20-3/h6-7,12H,4-5,8,15H2,1-3H3. The van der Waals surface area contributed by atoms with Crippen LogP contribution in [0.5, 0.6) is 0 Å². The Balaban J connectivity index is 1.89. The summed E-state index contributed by atoms with van der Waals surface area (Å²) < 4.78 is 6.58. The average molecular weight is 308 g/mol. The minimum absolute atomic E-state index is 0.362. The van der Waals surface area contributed by atoms with Gasteiger partial charge < -0.3 is 10.5 Å². The maximum absolute atomic E-state index is 11.2. The summed E-state index contributed by atoms with van der Waals surface area (Å²) in [5.41, 5.74) is 8.75. The molecule has 114 valence electrons. The number of imidazole rings is 1. The van der Waals surface area contributed by atoms with Gasteiger partial charge in [-0.3, -0.25) is 9.20 Å². The lowest BCUT2D eigenvalue weighted by atomic mass is 10.2. The zero-order valence-electron chi connectivity index (χ0n) is 12.5. The molecule has 0 fully saturated rings. The molecule has 0 aliphatic heterocycles. The number of aryl methyl sites for hydroxylation is 2. The van der Waals surface area contributed by atoms with Gasteiger partial charge in [-0.2, -0.15) is 11.8 Å². The van der Waals surface area contributed by atoms with Crippen LogP contribution in [0.25, 0.3) is 5.78 Å². The summed E-state index contributed by atoms with van der Waals surface area (Å²) in [5, 5.41) is 0. The fourth-order valence-corrected chi connectivity index (χ4v) is 2.96. The normalized spacial score (nSPS) is 12.6. The molecule has 0 aromatic carbocycles. The van der Waals surface area contributed by atoms with Crippen LogP contribution in [0.4, 0.5) is 0 Å². The number of nitrogens with two attached hydrogens (primary N) is 1. The number of nitrogens with zero attached hydrogens (tertiary/aromatic N) is 3. The van der Waals surface area contributed by atoms with Crippen LogP contribution in [0.3, 0.4) is 0 Å². The molecule has 0 radical (unpaired) electrons. The number of fused-ring (bicyclic) bond motifs is 1. The van der Waals surface area contributed by atoms with Crippen molar-refractivity contribution in [3.8, 4) is 0 Å². The Hall–Kier alpha value is -1.60. The first-order valence-corrected chi connectivity index (χ1v) is 7.90. The molecule has 0 aliphatic rings. The second-order valence-electron chi connectivity index (χ2n) is 4.91. The van der Waals surface area contributed by atoms with Crippen LogP contribution in [-0.4, -0.2) is 39.2 Å². The first kappa shape index (κ1) is 15.8. The fourth-order valence-electron chi connectivity index (χ4n) is 2.04. The molecule has 2 rings (SSSR count). The molecule has 2 aromatic rings. The van der Waals surface area contributed by atoms with Crippen molar-refractivity contribution in [1.82, 2.24) is 14.4 Å². The van der Waals surface area contributed by atoms with E-state index in [1.165, 1.54) is 7.11 Å². The molecule has 21 heavy (non-hydrogen) atoms. The maximum Gasteiger partial charge on any atom is 0.322 e. The minimum atomic E-state index is -0.546. The first-order valence-electron chi connectivity index (χ1n) is 6.74. The smallest absolute Gasteiger partial charge is 0.322 e. The topological polar surface area (TPSA) is 82.5 Å². The van der Waals surface area contributed by atoms with Crippen LogP contribution in [0.15, 0.2) is 12.3 Å². The zero-order valence-corrected chi connectivity index (χ0v) is 13.3. The lowest BCUT2D eigenvalue weighted by Gasteiger charge is -2.07. The van der Waals surface area contributed by atoms with Crippen LogP contribution in [0.2, 0.25) is 0 Å². The lowest BCUT2D eigenvalue weighted by molar-refractivity contribution is -0.142. The van der Waals surface area contributed by atoms with Gasteiger partial charge in [0.05, 0.1) is 12.8 Å². The SMILES string of the molecule is COC(=O)C(N)CCSCc1cn2c(C)cc(C)nc2n1. The van der Waals surface area contributed by atoms with Gasteiger partial charge in [0.1, 0.15) is 6.04 Å². The molecule has 1 unspecified atom stereocenters. The second kappa shape index (κ2) is 6.91. The van der Waals surface area contributed by atoms with E-state index in [1.54, 1.807) is 11.8 Å². The lowest BCUT2D eigenvalue weighted by Crippen LogP contribution is -2.31. The first-order chi connectivity index (χ1) is 10.0. The highest BCUT2D eigenvalue weighted by Crippen LogP contribution is 2.15.